The van der Waals surface area contributed by atoms with Crippen LogP contribution in [-0.4, -0.2) is 51.0 Å². The molecule has 0 radical (unpaired) electrons. The van der Waals surface area contributed by atoms with Crippen LogP contribution < -0.4 is 14.8 Å². The third-order valence-electron chi connectivity index (χ3n) is 4.17. The van der Waals surface area contributed by atoms with Crippen LogP contribution in [0.15, 0.2) is 18.2 Å². The fourth-order valence-corrected chi connectivity index (χ4v) is 3.02. The molecule has 1 atom stereocenters. The van der Waals surface area contributed by atoms with Crippen molar-refractivity contribution in [3.05, 3.63) is 23.8 Å². The highest BCUT2D eigenvalue weighted by atomic mass is 19.4. The van der Waals surface area contributed by atoms with Gasteiger partial charge in [0.2, 0.25) is 0 Å². The van der Waals surface area contributed by atoms with Gasteiger partial charge in [-0.3, -0.25) is 4.90 Å². The number of hydrogen-bond donors (Lipinski definition) is 1. The second kappa shape index (κ2) is 8.58. The van der Waals surface area contributed by atoms with Crippen LogP contribution in [0.3, 0.4) is 0 Å². The maximum atomic E-state index is 12.7. The Bertz CT molecular complexity index is 517. The third kappa shape index (κ3) is 5.27. The molecule has 0 aliphatic carbocycles. The Morgan fingerprint density at radius 1 is 1.21 bits per heavy atom. The molecule has 0 saturated carbocycles. The minimum absolute atomic E-state index is 0.0423. The van der Waals surface area contributed by atoms with Gasteiger partial charge in [-0.15, -0.1) is 0 Å². The highest BCUT2D eigenvalue weighted by Gasteiger charge is 2.31. The van der Waals surface area contributed by atoms with Crippen molar-refractivity contribution < 1.29 is 22.6 Å². The van der Waals surface area contributed by atoms with E-state index in [0.29, 0.717) is 18.1 Å². The van der Waals surface area contributed by atoms with Crippen LogP contribution >= 0.6 is 0 Å². The van der Waals surface area contributed by atoms with E-state index < -0.39 is 12.6 Å². The van der Waals surface area contributed by atoms with Gasteiger partial charge in [-0.2, -0.15) is 13.2 Å². The first-order valence-electron chi connectivity index (χ1n) is 8.27. The number of ether oxygens (including phenoxy) is 2. The zero-order chi connectivity index (χ0) is 17.6. The van der Waals surface area contributed by atoms with Crippen LogP contribution in [0.2, 0.25) is 0 Å². The van der Waals surface area contributed by atoms with Gasteiger partial charge in [-0.05, 0) is 31.0 Å². The monoisotopic (exact) mass is 346 g/mol. The molecule has 1 fully saturated rings. The number of alkyl halides is 3. The average molecular weight is 346 g/mol. The molecule has 2 rings (SSSR count). The molecule has 0 unspecified atom stereocenters. The van der Waals surface area contributed by atoms with Gasteiger partial charge in [0.05, 0.1) is 13.7 Å². The van der Waals surface area contributed by atoms with Crippen LogP contribution in [0, 0.1) is 0 Å². The lowest BCUT2D eigenvalue weighted by molar-refractivity contribution is -0.138. The fourth-order valence-electron chi connectivity index (χ4n) is 3.02. The maximum absolute atomic E-state index is 12.7. The predicted octanol–water partition coefficient (Wildman–Crippen LogP) is 3.38. The number of hydrogen-bond acceptors (Lipinski definition) is 4. The number of nitrogens with one attached hydrogen (secondary N) is 1. The van der Waals surface area contributed by atoms with Gasteiger partial charge in [-0.1, -0.05) is 6.07 Å². The first-order chi connectivity index (χ1) is 11.4. The topological polar surface area (TPSA) is 33.7 Å². The molecule has 1 aromatic carbocycles. The molecule has 1 heterocycles. The Morgan fingerprint density at radius 2 is 1.92 bits per heavy atom. The van der Waals surface area contributed by atoms with E-state index in [0.717, 1.165) is 31.7 Å². The molecule has 1 N–H and O–H groups in total. The van der Waals surface area contributed by atoms with Crippen LogP contribution in [0.25, 0.3) is 0 Å². The molecule has 1 saturated heterocycles. The Hall–Kier alpha value is -1.47. The normalized spacial score (nSPS) is 17.5. The van der Waals surface area contributed by atoms with Crippen LogP contribution in [0.5, 0.6) is 11.5 Å². The van der Waals surface area contributed by atoms with Crippen molar-refractivity contribution in [2.75, 3.05) is 39.9 Å². The van der Waals surface area contributed by atoms with Gasteiger partial charge in [0.1, 0.15) is 0 Å². The minimum Gasteiger partial charge on any atom is -0.493 e. The second-order valence-electron chi connectivity index (χ2n) is 5.80. The van der Waals surface area contributed by atoms with Crippen LogP contribution in [0.4, 0.5) is 13.2 Å². The largest absolute Gasteiger partial charge is 0.493 e. The van der Waals surface area contributed by atoms with Crippen LogP contribution in [0.1, 0.15) is 31.4 Å². The van der Waals surface area contributed by atoms with Gasteiger partial charge < -0.3 is 14.8 Å². The summed E-state index contributed by atoms with van der Waals surface area (Å²) in [6.07, 6.45) is -4.90. The van der Waals surface area contributed by atoms with Crippen molar-refractivity contribution in [2.24, 2.45) is 0 Å². The lowest BCUT2D eigenvalue weighted by atomic mass is 9.98. The van der Waals surface area contributed by atoms with Crippen molar-refractivity contribution in [2.45, 2.75) is 32.0 Å². The zero-order valence-corrected chi connectivity index (χ0v) is 14.2. The number of benzene rings is 1. The summed E-state index contributed by atoms with van der Waals surface area (Å²) >= 11 is 0. The van der Waals surface area contributed by atoms with E-state index >= 15 is 0 Å². The van der Waals surface area contributed by atoms with Gasteiger partial charge in [-0.25, -0.2) is 0 Å². The van der Waals surface area contributed by atoms with E-state index in [9.17, 15) is 13.2 Å². The molecule has 0 amide bonds. The number of nitrogens with zero attached hydrogens (tertiary/aromatic N) is 1. The Morgan fingerprint density at radius 3 is 2.50 bits per heavy atom. The molecule has 4 nitrogen and oxygen atoms in total. The van der Waals surface area contributed by atoms with E-state index in [1.165, 1.54) is 7.11 Å². The molecule has 0 aromatic heterocycles. The number of methoxy groups -OCH3 is 1. The van der Waals surface area contributed by atoms with Crippen molar-refractivity contribution in [1.29, 1.82) is 0 Å². The zero-order valence-electron chi connectivity index (χ0n) is 14.2. The lowest BCUT2D eigenvalue weighted by Gasteiger charge is -2.35. The van der Waals surface area contributed by atoms with Crippen molar-refractivity contribution in [1.82, 2.24) is 10.2 Å². The Balaban J connectivity index is 2.24. The number of rotatable bonds is 7. The molecule has 0 bridgehead atoms. The van der Waals surface area contributed by atoms with E-state index in [1.54, 1.807) is 12.1 Å². The molecule has 1 aromatic rings. The summed E-state index contributed by atoms with van der Waals surface area (Å²) in [5, 5.41) is 3.23. The van der Waals surface area contributed by atoms with Gasteiger partial charge in [0, 0.05) is 38.6 Å². The number of piperazine rings is 1. The quantitative estimate of drug-likeness (QED) is 0.821. The summed E-state index contributed by atoms with van der Waals surface area (Å²) in [5.41, 5.74) is 0.835. The first-order valence-corrected chi connectivity index (χ1v) is 8.27. The summed E-state index contributed by atoms with van der Waals surface area (Å²) in [4.78, 5) is 2.11. The maximum Gasteiger partial charge on any atom is 0.389 e. The smallest absolute Gasteiger partial charge is 0.389 e. The third-order valence-corrected chi connectivity index (χ3v) is 4.17. The van der Waals surface area contributed by atoms with Gasteiger partial charge >= 0.3 is 6.18 Å². The van der Waals surface area contributed by atoms with E-state index in [2.05, 4.69) is 10.2 Å². The fraction of sp³-hybridized carbons (Fsp3) is 0.647. The van der Waals surface area contributed by atoms with Gasteiger partial charge in [0.15, 0.2) is 11.5 Å². The molecule has 136 valence electrons. The molecule has 24 heavy (non-hydrogen) atoms. The molecule has 0 spiro atoms. The molecule has 1 aliphatic heterocycles. The second-order valence-corrected chi connectivity index (χ2v) is 5.80. The molecular formula is C17H25F3N2O2. The first kappa shape index (κ1) is 18.9. The summed E-state index contributed by atoms with van der Waals surface area (Å²) in [7, 11) is 1.54. The summed E-state index contributed by atoms with van der Waals surface area (Å²) in [6.45, 7) is 5.43. The highest BCUT2D eigenvalue weighted by Crippen LogP contribution is 2.36. The van der Waals surface area contributed by atoms with Crippen LogP contribution in [-0.2, 0) is 0 Å². The average Bonchev–Trinajstić information content (AvgIpc) is 2.56. The van der Waals surface area contributed by atoms with E-state index in [-0.39, 0.29) is 12.5 Å². The molecule has 1 aliphatic rings. The minimum atomic E-state index is -4.15. The van der Waals surface area contributed by atoms with Crippen molar-refractivity contribution in [3.8, 4) is 11.5 Å². The van der Waals surface area contributed by atoms with Crippen molar-refractivity contribution in [3.63, 3.8) is 0 Å². The summed E-state index contributed by atoms with van der Waals surface area (Å²) in [5.74, 6) is 1.17. The predicted molar refractivity (Wildman–Crippen MR) is 86.6 cm³/mol. The van der Waals surface area contributed by atoms with E-state index in [4.69, 9.17) is 9.47 Å². The standard InChI is InChI=1S/C17H25F3N2O2/c1-3-24-15-5-4-13(12-16(15)23-2)14(6-7-17(18,19)20)22-10-8-21-9-11-22/h4-5,12,14,21H,3,6-11H2,1-2H3/t14-/m0/s1. The van der Waals surface area contributed by atoms with Crippen molar-refractivity contribution >= 4 is 0 Å². The highest BCUT2D eigenvalue weighted by molar-refractivity contribution is 5.44. The Kier molecular flexibility index (Phi) is 6.74. The Labute approximate surface area is 140 Å². The van der Waals surface area contributed by atoms with E-state index in [1.807, 2.05) is 13.0 Å². The molecular weight excluding hydrogens is 321 g/mol. The summed E-state index contributed by atoms with van der Waals surface area (Å²) in [6, 6.07) is 5.14. The lowest BCUT2D eigenvalue weighted by Crippen LogP contribution is -2.45. The van der Waals surface area contributed by atoms with Gasteiger partial charge in [0.25, 0.3) is 0 Å². The molecule has 7 heteroatoms. The number of halogens is 3. The SMILES string of the molecule is CCOc1ccc([C@H](CCC(F)(F)F)N2CCNCC2)cc1OC. The summed E-state index contributed by atoms with van der Waals surface area (Å²) < 4.78 is 49.0.